The first kappa shape index (κ1) is 28.8. The van der Waals surface area contributed by atoms with Gasteiger partial charge < -0.3 is 14.8 Å². The van der Waals surface area contributed by atoms with Gasteiger partial charge in [0.05, 0.1) is 23.2 Å². The molecule has 1 N–H and O–H groups in total. The second-order valence-electron chi connectivity index (χ2n) is 9.44. The molecule has 7 nitrogen and oxygen atoms in total. The molecule has 1 aliphatic rings. The highest BCUT2D eigenvalue weighted by Gasteiger charge is 2.39. The van der Waals surface area contributed by atoms with Crippen LogP contribution in [0.5, 0.6) is 11.5 Å². The Kier molecular flexibility index (Phi) is 9.12. The lowest BCUT2D eigenvalue weighted by Crippen LogP contribution is -2.47. The van der Waals surface area contributed by atoms with Crippen molar-refractivity contribution in [2.75, 3.05) is 23.7 Å². The average molecular weight is 569 g/mol. The van der Waals surface area contributed by atoms with Gasteiger partial charge in [0.15, 0.2) is 0 Å². The molecule has 0 unspecified atom stereocenters. The number of nitrogens with one attached hydrogen (secondary N) is 1. The fourth-order valence-electron chi connectivity index (χ4n) is 4.92. The molecule has 0 bridgehead atoms. The van der Waals surface area contributed by atoms with Gasteiger partial charge in [-0.2, -0.15) is 0 Å². The predicted molar refractivity (Wildman–Crippen MR) is 156 cm³/mol. The Morgan fingerprint density at radius 1 is 1.03 bits per heavy atom. The molecule has 0 aromatic heterocycles. The normalized spacial score (nSPS) is 16.1. The SMILES string of the molecule is CCOc1ccccc1N(CC(=O)N[C@H]1CC(CC)(CC)Oc2ccccc21)S(=O)(=O)c1ccc(SC)cc1. The molecule has 1 amide bonds. The number of fused-ring (bicyclic) bond motifs is 1. The van der Waals surface area contributed by atoms with Crippen LogP contribution in [0.25, 0.3) is 0 Å². The first-order valence-electron chi connectivity index (χ1n) is 13.2. The molecule has 0 saturated carbocycles. The molecule has 3 aromatic carbocycles. The van der Waals surface area contributed by atoms with Gasteiger partial charge in [-0.05, 0) is 68.5 Å². The molecule has 0 radical (unpaired) electrons. The Hall–Kier alpha value is -3.17. The minimum absolute atomic E-state index is 0.104. The molecule has 0 fully saturated rings. The van der Waals surface area contributed by atoms with Crippen molar-refractivity contribution in [1.82, 2.24) is 5.32 Å². The monoisotopic (exact) mass is 568 g/mol. The molecule has 9 heteroatoms. The van der Waals surface area contributed by atoms with Crippen molar-refractivity contribution in [3.8, 4) is 11.5 Å². The number of thioether (sulfide) groups is 1. The summed E-state index contributed by atoms with van der Waals surface area (Å²) >= 11 is 1.53. The number of nitrogens with zero attached hydrogens (tertiary/aromatic N) is 1. The molecule has 208 valence electrons. The molecule has 39 heavy (non-hydrogen) atoms. The second kappa shape index (κ2) is 12.3. The Morgan fingerprint density at radius 2 is 1.69 bits per heavy atom. The maximum absolute atomic E-state index is 14.0. The number of hydrogen-bond acceptors (Lipinski definition) is 6. The second-order valence-corrected chi connectivity index (χ2v) is 12.2. The number of anilines is 1. The van der Waals surface area contributed by atoms with E-state index in [2.05, 4.69) is 19.2 Å². The van der Waals surface area contributed by atoms with E-state index in [4.69, 9.17) is 9.47 Å². The summed E-state index contributed by atoms with van der Waals surface area (Å²) in [6.45, 7) is 5.95. The predicted octanol–water partition coefficient (Wildman–Crippen LogP) is 6.20. The van der Waals surface area contributed by atoms with Crippen LogP contribution in [0, 0.1) is 0 Å². The third kappa shape index (κ3) is 6.20. The van der Waals surface area contributed by atoms with Gasteiger partial charge in [-0.25, -0.2) is 8.42 Å². The van der Waals surface area contributed by atoms with Gasteiger partial charge >= 0.3 is 0 Å². The molecule has 0 aliphatic carbocycles. The van der Waals surface area contributed by atoms with Crippen molar-refractivity contribution in [2.45, 2.75) is 61.5 Å². The number of carbonyl (C=O) groups is 1. The molecule has 1 aliphatic heterocycles. The zero-order valence-corrected chi connectivity index (χ0v) is 24.5. The maximum Gasteiger partial charge on any atom is 0.264 e. The maximum atomic E-state index is 14.0. The van der Waals surface area contributed by atoms with Crippen molar-refractivity contribution < 1.29 is 22.7 Å². The van der Waals surface area contributed by atoms with Crippen LogP contribution in [0.15, 0.2) is 82.6 Å². The number of rotatable bonds is 11. The smallest absolute Gasteiger partial charge is 0.264 e. The summed E-state index contributed by atoms with van der Waals surface area (Å²) < 4.78 is 41.2. The summed E-state index contributed by atoms with van der Waals surface area (Å²) in [4.78, 5) is 14.7. The number of benzene rings is 3. The van der Waals surface area contributed by atoms with Crippen LogP contribution in [0.3, 0.4) is 0 Å². The minimum Gasteiger partial charge on any atom is -0.492 e. The summed E-state index contributed by atoms with van der Waals surface area (Å²) in [5, 5.41) is 3.12. The lowest BCUT2D eigenvalue weighted by molar-refractivity contribution is -0.121. The van der Waals surface area contributed by atoms with E-state index in [0.717, 1.165) is 33.4 Å². The van der Waals surface area contributed by atoms with E-state index in [1.165, 1.54) is 11.8 Å². The van der Waals surface area contributed by atoms with Gasteiger partial charge in [-0.1, -0.05) is 44.2 Å². The zero-order chi connectivity index (χ0) is 28.0. The average Bonchev–Trinajstić information content (AvgIpc) is 2.96. The molecule has 1 atom stereocenters. The third-order valence-electron chi connectivity index (χ3n) is 7.19. The van der Waals surface area contributed by atoms with Crippen molar-refractivity contribution in [3.63, 3.8) is 0 Å². The molecule has 1 heterocycles. The summed E-state index contributed by atoms with van der Waals surface area (Å²) in [6.07, 6.45) is 4.11. The van der Waals surface area contributed by atoms with Crippen LogP contribution in [-0.2, 0) is 14.8 Å². The number of ether oxygens (including phenoxy) is 2. The Bertz CT molecular complexity index is 1390. The minimum atomic E-state index is -4.09. The van der Waals surface area contributed by atoms with E-state index in [1.54, 1.807) is 48.5 Å². The summed E-state index contributed by atoms with van der Waals surface area (Å²) in [6, 6.07) is 20.9. The van der Waals surface area contributed by atoms with Crippen LogP contribution >= 0.6 is 11.8 Å². The van der Waals surface area contributed by atoms with Crippen molar-refractivity contribution in [1.29, 1.82) is 0 Å². The quantitative estimate of drug-likeness (QED) is 0.277. The van der Waals surface area contributed by atoms with Crippen LogP contribution in [0.1, 0.15) is 51.6 Å². The number of amides is 1. The summed E-state index contributed by atoms with van der Waals surface area (Å²) in [5.74, 6) is 0.732. The fraction of sp³-hybridized carbons (Fsp3) is 0.367. The highest BCUT2D eigenvalue weighted by molar-refractivity contribution is 7.98. The van der Waals surface area contributed by atoms with Crippen LogP contribution in [0.4, 0.5) is 5.69 Å². The van der Waals surface area contributed by atoms with E-state index in [-0.39, 0.29) is 10.9 Å². The largest absolute Gasteiger partial charge is 0.492 e. The van der Waals surface area contributed by atoms with Crippen molar-refractivity contribution >= 4 is 33.4 Å². The zero-order valence-electron chi connectivity index (χ0n) is 22.8. The first-order valence-corrected chi connectivity index (χ1v) is 15.9. The van der Waals surface area contributed by atoms with Crippen molar-refractivity contribution in [3.05, 3.63) is 78.4 Å². The standard InChI is InChI=1S/C30H36N2O5S2/c1-5-30(6-2)20-25(24-12-8-10-14-27(24)37-30)31-29(33)21-32(26-13-9-11-15-28(26)36-7-3)39(34,35)23-18-16-22(38-4)17-19-23/h8-19,25H,5-7,20-21H2,1-4H3,(H,31,33)/t25-/m0/s1. The molecular weight excluding hydrogens is 532 g/mol. The van der Waals surface area contributed by atoms with Crippen LogP contribution < -0.4 is 19.1 Å². The Balaban J connectivity index is 1.69. The van der Waals surface area contributed by atoms with Gasteiger partial charge in [-0.3, -0.25) is 9.10 Å². The van der Waals surface area contributed by atoms with E-state index in [9.17, 15) is 13.2 Å². The van der Waals surface area contributed by atoms with E-state index in [1.807, 2.05) is 37.4 Å². The van der Waals surface area contributed by atoms with E-state index >= 15 is 0 Å². The highest BCUT2D eigenvalue weighted by Crippen LogP contribution is 2.42. The topological polar surface area (TPSA) is 84.9 Å². The van der Waals surface area contributed by atoms with Gasteiger partial charge in [0.1, 0.15) is 23.6 Å². The van der Waals surface area contributed by atoms with Gasteiger partial charge in [0, 0.05) is 16.9 Å². The highest BCUT2D eigenvalue weighted by atomic mass is 32.2. The number of para-hydroxylation sites is 3. The van der Waals surface area contributed by atoms with Crippen LogP contribution in [0.2, 0.25) is 0 Å². The molecule has 0 spiro atoms. The van der Waals surface area contributed by atoms with E-state index < -0.39 is 28.1 Å². The lowest BCUT2D eigenvalue weighted by Gasteiger charge is -2.41. The van der Waals surface area contributed by atoms with Gasteiger partial charge in [-0.15, -0.1) is 11.8 Å². The Labute approximate surface area is 236 Å². The molecular formula is C30H36N2O5S2. The molecule has 3 aromatic rings. The molecule has 4 rings (SSSR count). The van der Waals surface area contributed by atoms with Gasteiger partial charge in [0.2, 0.25) is 5.91 Å². The number of sulfonamides is 1. The first-order chi connectivity index (χ1) is 18.8. The third-order valence-corrected chi connectivity index (χ3v) is 9.71. The van der Waals surface area contributed by atoms with Crippen molar-refractivity contribution in [2.24, 2.45) is 0 Å². The summed E-state index contributed by atoms with van der Waals surface area (Å²) in [7, 11) is -4.09. The number of hydrogen-bond donors (Lipinski definition) is 1. The van der Waals surface area contributed by atoms with Gasteiger partial charge in [0.25, 0.3) is 10.0 Å². The lowest BCUT2D eigenvalue weighted by atomic mass is 9.83. The Morgan fingerprint density at radius 3 is 2.36 bits per heavy atom. The summed E-state index contributed by atoms with van der Waals surface area (Å²) in [5.41, 5.74) is 0.797. The van der Waals surface area contributed by atoms with E-state index in [0.29, 0.717) is 24.5 Å². The number of carbonyl (C=O) groups excluding carboxylic acids is 1. The molecule has 0 saturated heterocycles. The van der Waals surface area contributed by atoms with Crippen LogP contribution in [-0.4, -0.2) is 39.3 Å². The fourth-order valence-corrected chi connectivity index (χ4v) is 6.76.